The summed E-state index contributed by atoms with van der Waals surface area (Å²) < 4.78 is 10.9. The van der Waals surface area contributed by atoms with Crippen LogP contribution in [0.5, 0.6) is 11.5 Å². The van der Waals surface area contributed by atoms with Crippen LogP contribution in [0.1, 0.15) is 67.9 Å². The Hall–Kier alpha value is -2.89. The number of methoxy groups -OCH3 is 1. The number of Topliss-reactive ketones (excluding diaryl/α,β-unsaturated/α-hetero) is 1. The summed E-state index contributed by atoms with van der Waals surface area (Å²) >= 11 is 0. The lowest BCUT2D eigenvalue weighted by molar-refractivity contribution is -0.154. The van der Waals surface area contributed by atoms with E-state index in [0.717, 1.165) is 12.8 Å². The fourth-order valence-corrected chi connectivity index (χ4v) is 4.55. The van der Waals surface area contributed by atoms with E-state index in [1.54, 1.807) is 6.92 Å². The first-order chi connectivity index (χ1) is 14.9. The Kier molecular flexibility index (Phi) is 7.66. The van der Waals surface area contributed by atoms with Crippen molar-refractivity contribution in [3.05, 3.63) is 53.9 Å². The summed E-state index contributed by atoms with van der Waals surface area (Å²) in [5.41, 5.74) is 1.09. The number of aromatic hydroxyl groups is 1. The van der Waals surface area contributed by atoms with Crippen LogP contribution in [0.4, 0.5) is 0 Å². The second-order valence-corrected chi connectivity index (χ2v) is 8.36. The highest BCUT2D eigenvalue weighted by molar-refractivity contribution is 5.99. The molecule has 31 heavy (non-hydrogen) atoms. The SMILES string of the molecule is COc1ccnc(C(=O)C[C@@H](C)C(=O)O[C@@H](C)[C@@H](c2ccccc2)C2CCCC2)c1O. The molecule has 0 amide bonds. The second kappa shape index (κ2) is 10.4. The molecule has 1 aromatic carbocycles. The summed E-state index contributed by atoms with van der Waals surface area (Å²) in [6.45, 7) is 3.61. The van der Waals surface area contributed by atoms with Crippen molar-refractivity contribution in [2.24, 2.45) is 11.8 Å². The molecule has 0 unspecified atom stereocenters. The van der Waals surface area contributed by atoms with E-state index < -0.39 is 17.7 Å². The van der Waals surface area contributed by atoms with Gasteiger partial charge in [-0.1, -0.05) is 50.1 Å². The van der Waals surface area contributed by atoms with Gasteiger partial charge in [-0.15, -0.1) is 0 Å². The van der Waals surface area contributed by atoms with Gasteiger partial charge in [0, 0.05) is 24.6 Å². The van der Waals surface area contributed by atoms with Crippen LogP contribution in [0.25, 0.3) is 0 Å². The zero-order valence-electron chi connectivity index (χ0n) is 18.4. The van der Waals surface area contributed by atoms with Gasteiger partial charge in [0.1, 0.15) is 6.10 Å². The number of nitrogens with zero attached hydrogens (tertiary/aromatic N) is 1. The Morgan fingerprint density at radius 2 is 1.81 bits per heavy atom. The first-order valence-electron chi connectivity index (χ1n) is 10.9. The van der Waals surface area contributed by atoms with Gasteiger partial charge in [-0.2, -0.15) is 0 Å². The number of hydrogen-bond acceptors (Lipinski definition) is 6. The summed E-state index contributed by atoms with van der Waals surface area (Å²) in [5.74, 6) is -1.01. The third-order valence-electron chi connectivity index (χ3n) is 6.17. The molecule has 6 heteroatoms. The lowest BCUT2D eigenvalue weighted by Gasteiger charge is -2.30. The Morgan fingerprint density at radius 1 is 1.13 bits per heavy atom. The van der Waals surface area contributed by atoms with E-state index in [9.17, 15) is 14.7 Å². The summed E-state index contributed by atoms with van der Waals surface area (Å²) in [7, 11) is 1.40. The second-order valence-electron chi connectivity index (χ2n) is 8.36. The largest absolute Gasteiger partial charge is 0.503 e. The molecule has 3 atom stereocenters. The Morgan fingerprint density at radius 3 is 2.45 bits per heavy atom. The maximum Gasteiger partial charge on any atom is 0.309 e. The monoisotopic (exact) mass is 425 g/mol. The van der Waals surface area contributed by atoms with Crippen LogP contribution >= 0.6 is 0 Å². The Labute approximate surface area is 183 Å². The zero-order chi connectivity index (χ0) is 22.4. The summed E-state index contributed by atoms with van der Waals surface area (Å²) in [4.78, 5) is 29.4. The summed E-state index contributed by atoms with van der Waals surface area (Å²) in [6, 6.07) is 11.7. The minimum atomic E-state index is -0.651. The van der Waals surface area contributed by atoms with Crippen LogP contribution in [0.2, 0.25) is 0 Å². The van der Waals surface area contributed by atoms with Crippen molar-refractivity contribution in [1.82, 2.24) is 4.98 Å². The van der Waals surface area contributed by atoms with E-state index in [1.165, 1.54) is 37.8 Å². The van der Waals surface area contributed by atoms with E-state index in [1.807, 2.05) is 25.1 Å². The molecule has 0 spiro atoms. The topological polar surface area (TPSA) is 85.7 Å². The first-order valence-corrected chi connectivity index (χ1v) is 10.9. The standard InChI is InChI=1S/C25H31NO5/c1-16(15-20(27)23-24(28)21(30-3)13-14-26-23)25(29)31-17(2)22(19-11-7-8-12-19)18-9-5-4-6-10-18/h4-6,9-10,13-14,16-17,19,22,28H,7-8,11-12,15H2,1-3H3/t16-,17+,22+/m1/s1. The fraction of sp³-hybridized carbons (Fsp3) is 0.480. The molecule has 0 bridgehead atoms. The fourth-order valence-electron chi connectivity index (χ4n) is 4.55. The van der Waals surface area contributed by atoms with Gasteiger partial charge in [0.2, 0.25) is 0 Å². The van der Waals surface area contributed by atoms with Crippen molar-refractivity contribution in [2.75, 3.05) is 7.11 Å². The minimum Gasteiger partial charge on any atom is -0.503 e. The molecule has 0 aliphatic heterocycles. The van der Waals surface area contributed by atoms with Gasteiger partial charge in [0.25, 0.3) is 0 Å². The van der Waals surface area contributed by atoms with Crippen molar-refractivity contribution in [1.29, 1.82) is 0 Å². The molecule has 1 heterocycles. The van der Waals surface area contributed by atoms with E-state index in [4.69, 9.17) is 9.47 Å². The number of aromatic nitrogens is 1. The predicted octanol–water partition coefficient (Wildman–Crippen LogP) is 4.91. The molecule has 1 N–H and O–H groups in total. The normalized spacial score (nSPS) is 17.0. The summed E-state index contributed by atoms with van der Waals surface area (Å²) in [5, 5.41) is 10.2. The molecule has 1 aliphatic rings. The molecular weight excluding hydrogens is 394 g/mol. The number of hydrogen-bond donors (Lipinski definition) is 1. The van der Waals surface area contributed by atoms with Gasteiger partial charge >= 0.3 is 5.97 Å². The van der Waals surface area contributed by atoms with Crippen molar-refractivity contribution < 1.29 is 24.2 Å². The van der Waals surface area contributed by atoms with Crippen LogP contribution < -0.4 is 4.74 Å². The van der Waals surface area contributed by atoms with E-state index in [0.29, 0.717) is 5.92 Å². The van der Waals surface area contributed by atoms with E-state index in [-0.39, 0.29) is 35.6 Å². The van der Waals surface area contributed by atoms with Crippen LogP contribution in [0.15, 0.2) is 42.6 Å². The minimum absolute atomic E-state index is 0.0971. The van der Waals surface area contributed by atoms with Gasteiger partial charge in [0.05, 0.1) is 13.0 Å². The average Bonchev–Trinajstić information content (AvgIpc) is 3.28. The number of pyridine rings is 1. The van der Waals surface area contributed by atoms with Gasteiger partial charge in [-0.3, -0.25) is 9.59 Å². The number of ether oxygens (including phenoxy) is 2. The van der Waals surface area contributed by atoms with Crippen LogP contribution in [0.3, 0.4) is 0 Å². The highest BCUT2D eigenvalue weighted by atomic mass is 16.5. The Bertz CT molecular complexity index is 892. The molecule has 1 aromatic heterocycles. The molecule has 0 radical (unpaired) electrons. The molecule has 3 rings (SSSR count). The van der Waals surface area contributed by atoms with Gasteiger partial charge in [-0.25, -0.2) is 4.98 Å². The third kappa shape index (κ3) is 5.43. The molecule has 1 aliphatic carbocycles. The van der Waals surface area contributed by atoms with Crippen LogP contribution in [-0.4, -0.2) is 35.1 Å². The smallest absolute Gasteiger partial charge is 0.309 e. The number of esters is 1. The number of ketones is 1. The summed E-state index contributed by atoms with van der Waals surface area (Å²) in [6.07, 6.45) is 5.68. The highest BCUT2D eigenvalue weighted by Gasteiger charge is 2.34. The maximum atomic E-state index is 12.8. The number of carbonyl (C=O) groups excluding carboxylic acids is 2. The van der Waals surface area contributed by atoms with Crippen LogP contribution in [-0.2, 0) is 9.53 Å². The van der Waals surface area contributed by atoms with E-state index in [2.05, 4.69) is 17.1 Å². The van der Waals surface area contributed by atoms with Gasteiger partial charge in [-0.05, 0) is 31.2 Å². The van der Waals surface area contributed by atoms with Gasteiger partial charge in [0.15, 0.2) is 23.0 Å². The van der Waals surface area contributed by atoms with Crippen molar-refractivity contribution in [3.8, 4) is 11.5 Å². The lowest BCUT2D eigenvalue weighted by Crippen LogP contribution is -2.30. The molecular formula is C25H31NO5. The molecule has 6 nitrogen and oxygen atoms in total. The van der Waals surface area contributed by atoms with Crippen LogP contribution in [0, 0.1) is 11.8 Å². The highest BCUT2D eigenvalue weighted by Crippen LogP contribution is 2.40. The molecule has 0 saturated heterocycles. The number of rotatable bonds is 9. The molecule has 166 valence electrons. The van der Waals surface area contributed by atoms with E-state index >= 15 is 0 Å². The van der Waals surface area contributed by atoms with Crippen molar-refractivity contribution >= 4 is 11.8 Å². The quantitative estimate of drug-likeness (QED) is 0.454. The first kappa shape index (κ1) is 22.8. The lowest BCUT2D eigenvalue weighted by atomic mass is 9.81. The predicted molar refractivity (Wildman–Crippen MR) is 117 cm³/mol. The number of carbonyl (C=O) groups is 2. The molecule has 1 fully saturated rings. The Balaban J connectivity index is 1.67. The van der Waals surface area contributed by atoms with Gasteiger partial charge < -0.3 is 14.6 Å². The maximum absolute atomic E-state index is 12.8. The number of benzene rings is 1. The third-order valence-corrected chi connectivity index (χ3v) is 6.17. The molecule has 2 aromatic rings. The van der Waals surface area contributed by atoms with Crippen molar-refractivity contribution in [3.63, 3.8) is 0 Å². The zero-order valence-corrected chi connectivity index (χ0v) is 18.4. The van der Waals surface area contributed by atoms with Crippen molar-refractivity contribution in [2.45, 2.75) is 58.0 Å². The average molecular weight is 426 g/mol. The molecule has 1 saturated carbocycles.